The summed E-state index contributed by atoms with van der Waals surface area (Å²) in [5.74, 6) is 0.388. The molecule has 1 aliphatic rings. The molecule has 1 heterocycles. The number of hydrogen-bond acceptors (Lipinski definition) is 4. The Labute approximate surface area is 114 Å². The first-order chi connectivity index (χ1) is 9.22. The molecule has 0 aliphatic heterocycles. The Morgan fingerprint density at radius 2 is 2.42 bits per heavy atom. The summed E-state index contributed by atoms with van der Waals surface area (Å²) < 4.78 is 7.37. The van der Waals surface area contributed by atoms with Crippen molar-refractivity contribution < 1.29 is 9.53 Å². The van der Waals surface area contributed by atoms with Gasteiger partial charge in [0.2, 0.25) is 0 Å². The third-order valence-electron chi connectivity index (χ3n) is 3.82. The lowest BCUT2D eigenvalue weighted by Gasteiger charge is -2.27. The molecule has 0 spiro atoms. The van der Waals surface area contributed by atoms with E-state index in [1.165, 1.54) is 12.8 Å². The minimum absolute atomic E-state index is 0.0610. The number of carbonyl (C=O) groups is 1. The van der Waals surface area contributed by atoms with Gasteiger partial charge in [-0.3, -0.25) is 0 Å². The van der Waals surface area contributed by atoms with Crippen LogP contribution in [0.2, 0.25) is 0 Å². The van der Waals surface area contributed by atoms with E-state index < -0.39 is 0 Å². The number of nitrogens with two attached hydrogens (primary N) is 1. The van der Waals surface area contributed by atoms with Gasteiger partial charge in [0.05, 0.1) is 6.33 Å². The SMILES string of the molecule is CCC1CCCC(OC(=O)c2cn(CCN)cn2)C1. The molecule has 0 aromatic carbocycles. The van der Waals surface area contributed by atoms with Gasteiger partial charge in [0.15, 0.2) is 5.69 Å². The highest BCUT2D eigenvalue weighted by Crippen LogP contribution is 2.28. The first kappa shape index (κ1) is 14.1. The van der Waals surface area contributed by atoms with Gasteiger partial charge in [-0.15, -0.1) is 0 Å². The molecule has 2 N–H and O–H groups in total. The van der Waals surface area contributed by atoms with Crippen LogP contribution < -0.4 is 5.73 Å². The van der Waals surface area contributed by atoms with E-state index in [0.717, 1.165) is 19.3 Å². The first-order valence-electron chi connectivity index (χ1n) is 7.15. The van der Waals surface area contributed by atoms with Crippen molar-refractivity contribution in [2.45, 2.75) is 51.7 Å². The Kier molecular flexibility index (Phi) is 4.96. The van der Waals surface area contributed by atoms with Gasteiger partial charge in [-0.05, 0) is 25.2 Å². The topological polar surface area (TPSA) is 70.1 Å². The van der Waals surface area contributed by atoms with Gasteiger partial charge in [-0.1, -0.05) is 19.8 Å². The maximum absolute atomic E-state index is 12.0. The summed E-state index contributed by atoms with van der Waals surface area (Å²) in [5, 5.41) is 0. The molecule has 106 valence electrons. The van der Waals surface area contributed by atoms with E-state index in [1.54, 1.807) is 12.5 Å². The van der Waals surface area contributed by atoms with Crippen LogP contribution in [0.5, 0.6) is 0 Å². The van der Waals surface area contributed by atoms with E-state index in [0.29, 0.717) is 24.7 Å². The maximum Gasteiger partial charge on any atom is 0.358 e. The molecule has 0 amide bonds. The lowest BCUT2D eigenvalue weighted by molar-refractivity contribution is 0.0134. The number of aromatic nitrogens is 2. The molecule has 1 fully saturated rings. The number of imidazole rings is 1. The zero-order chi connectivity index (χ0) is 13.7. The largest absolute Gasteiger partial charge is 0.458 e. The number of rotatable bonds is 5. The molecule has 0 bridgehead atoms. The van der Waals surface area contributed by atoms with Crippen LogP contribution in [0.3, 0.4) is 0 Å². The van der Waals surface area contributed by atoms with E-state index in [4.69, 9.17) is 10.5 Å². The van der Waals surface area contributed by atoms with Gasteiger partial charge >= 0.3 is 5.97 Å². The fraction of sp³-hybridized carbons (Fsp3) is 0.714. The average molecular weight is 265 g/mol. The molecule has 2 atom stereocenters. The number of ether oxygens (including phenoxy) is 1. The van der Waals surface area contributed by atoms with Gasteiger partial charge in [0.1, 0.15) is 6.10 Å². The van der Waals surface area contributed by atoms with Crippen molar-refractivity contribution in [2.24, 2.45) is 11.7 Å². The Balaban J connectivity index is 1.88. The molecule has 1 aromatic heterocycles. The minimum Gasteiger partial charge on any atom is -0.458 e. The Morgan fingerprint density at radius 1 is 1.58 bits per heavy atom. The number of carbonyl (C=O) groups excluding carboxylic acids is 1. The molecule has 5 heteroatoms. The molecule has 5 nitrogen and oxygen atoms in total. The lowest BCUT2D eigenvalue weighted by Crippen LogP contribution is -2.25. The van der Waals surface area contributed by atoms with E-state index in [1.807, 2.05) is 4.57 Å². The van der Waals surface area contributed by atoms with Crippen LogP contribution in [0.25, 0.3) is 0 Å². The van der Waals surface area contributed by atoms with Crippen LogP contribution in [-0.2, 0) is 11.3 Å². The summed E-state index contributed by atoms with van der Waals surface area (Å²) in [6, 6.07) is 0. The highest BCUT2D eigenvalue weighted by molar-refractivity contribution is 5.87. The van der Waals surface area contributed by atoms with Crippen LogP contribution >= 0.6 is 0 Å². The monoisotopic (exact) mass is 265 g/mol. The standard InChI is InChI=1S/C14H23N3O2/c1-2-11-4-3-5-12(8-11)19-14(18)13-9-17(7-6-15)10-16-13/h9-12H,2-8,15H2,1H3. The minimum atomic E-state index is -0.308. The van der Waals surface area contributed by atoms with Crippen LogP contribution in [0.1, 0.15) is 49.5 Å². The first-order valence-corrected chi connectivity index (χ1v) is 7.15. The normalized spacial score (nSPS) is 23.3. The van der Waals surface area contributed by atoms with Crippen LogP contribution in [-0.4, -0.2) is 28.2 Å². The van der Waals surface area contributed by atoms with Crippen molar-refractivity contribution >= 4 is 5.97 Å². The van der Waals surface area contributed by atoms with Crippen molar-refractivity contribution in [2.75, 3.05) is 6.54 Å². The zero-order valence-corrected chi connectivity index (χ0v) is 11.5. The smallest absolute Gasteiger partial charge is 0.358 e. The molecule has 19 heavy (non-hydrogen) atoms. The average Bonchev–Trinajstić information content (AvgIpc) is 2.88. The Bertz CT molecular complexity index is 417. The highest BCUT2D eigenvalue weighted by Gasteiger charge is 2.24. The van der Waals surface area contributed by atoms with Crippen molar-refractivity contribution in [1.29, 1.82) is 0 Å². The van der Waals surface area contributed by atoms with E-state index in [2.05, 4.69) is 11.9 Å². The second-order valence-corrected chi connectivity index (χ2v) is 5.25. The lowest BCUT2D eigenvalue weighted by atomic mass is 9.85. The fourth-order valence-corrected chi connectivity index (χ4v) is 2.67. The molecule has 1 saturated carbocycles. The predicted molar refractivity (Wildman–Crippen MR) is 72.7 cm³/mol. The summed E-state index contributed by atoms with van der Waals surface area (Å²) in [6.07, 6.45) is 8.93. The summed E-state index contributed by atoms with van der Waals surface area (Å²) in [4.78, 5) is 16.1. The van der Waals surface area contributed by atoms with Crippen molar-refractivity contribution in [3.05, 3.63) is 18.2 Å². The number of esters is 1. The predicted octanol–water partition coefficient (Wildman–Crippen LogP) is 1.97. The van der Waals surface area contributed by atoms with Gasteiger partial charge in [-0.25, -0.2) is 9.78 Å². The van der Waals surface area contributed by atoms with Crippen LogP contribution in [0, 0.1) is 5.92 Å². The van der Waals surface area contributed by atoms with Crippen LogP contribution in [0.4, 0.5) is 0 Å². The van der Waals surface area contributed by atoms with E-state index >= 15 is 0 Å². The fourth-order valence-electron chi connectivity index (χ4n) is 2.67. The summed E-state index contributed by atoms with van der Waals surface area (Å²) in [6.45, 7) is 3.40. The molecule has 2 unspecified atom stereocenters. The third-order valence-corrected chi connectivity index (χ3v) is 3.82. The molecular weight excluding hydrogens is 242 g/mol. The molecule has 0 saturated heterocycles. The van der Waals surface area contributed by atoms with Crippen molar-refractivity contribution in [3.63, 3.8) is 0 Å². The molecule has 1 aliphatic carbocycles. The highest BCUT2D eigenvalue weighted by atomic mass is 16.5. The van der Waals surface area contributed by atoms with Crippen LogP contribution in [0.15, 0.2) is 12.5 Å². The Morgan fingerprint density at radius 3 is 3.16 bits per heavy atom. The molecule has 1 aromatic rings. The summed E-state index contributed by atoms with van der Waals surface area (Å²) >= 11 is 0. The van der Waals surface area contributed by atoms with Crippen molar-refractivity contribution in [3.8, 4) is 0 Å². The molecular formula is C14H23N3O2. The van der Waals surface area contributed by atoms with E-state index in [-0.39, 0.29) is 12.1 Å². The van der Waals surface area contributed by atoms with Crippen molar-refractivity contribution in [1.82, 2.24) is 9.55 Å². The number of hydrogen-bond donors (Lipinski definition) is 1. The second kappa shape index (κ2) is 6.70. The zero-order valence-electron chi connectivity index (χ0n) is 11.5. The van der Waals surface area contributed by atoms with Gasteiger partial charge in [0.25, 0.3) is 0 Å². The maximum atomic E-state index is 12.0. The van der Waals surface area contributed by atoms with Gasteiger partial charge in [-0.2, -0.15) is 0 Å². The third kappa shape index (κ3) is 3.80. The second-order valence-electron chi connectivity index (χ2n) is 5.25. The summed E-state index contributed by atoms with van der Waals surface area (Å²) in [7, 11) is 0. The van der Waals surface area contributed by atoms with E-state index in [9.17, 15) is 4.79 Å². The Hall–Kier alpha value is -1.36. The quantitative estimate of drug-likeness (QED) is 0.826. The molecule has 0 radical (unpaired) electrons. The number of nitrogens with zero attached hydrogens (tertiary/aromatic N) is 2. The van der Waals surface area contributed by atoms with Gasteiger partial charge < -0.3 is 15.0 Å². The molecule has 2 rings (SSSR count). The summed E-state index contributed by atoms with van der Waals surface area (Å²) in [5.41, 5.74) is 5.84. The van der Waals surface area contributed by atoms with Gasteiger partial charge in [0, 0.05) is 19.3 Å².